The lowest BCUT2D eigenvalue weighted by Gasteiger charge is -2.28. The number of nitrogens with one attached hydrogen (secondary N) is 1. The quantitative estimate of drug-likeness (QED) is 0.806. The maximum Gasteiger partial charge on any atom is 0.197 e. The molecule has 0 spiro atoms. The predicted molar refractivity (Wildman–Crippen MR) is 83.1 cm³/mol. The normalized spacial score (nSPS) is 12.2. The number of nitrogens with zero attached hydrogens (tertiary/aromatic N) is 2. The van der Waals surface area contributed by atoms with Crippen LogP contribution in [0.3, 0.4) is 0 Å². The highest BCUT2D eigenvalue weighted by atomic mass is 32.1. The third-order valence-electron chi connectivity index (χ3n) is 2.50. The average Bonchev–Trinajstić information content (AvgIpc) is 2.55. The van der Waals surface area contributed by atoms with Gasteiger partial charge in [-0.15, -0.1) is 0 Å². The second-order valence-electron chi connectivity index (χ2n) is 6.15. The van der Waals surface area contributed by atoms with Gasteiger partial charge in [-0.05, 0) is 44.9 Å². The Morgan fingerprint density at radius 3 is 2.58 bits per heavy atom. The van der Waals surface area contributed by atoms with Gasteiger partial charge in [0.25, 0.3) is 0 Å². The number of rotatable bonds is 7. The zero-order chi connectivity index (χ0) is 14.6. The first-order valence-electron chi connectivity index (χ1n) is 6.51. The minimum atomic E-state index is 0.0917. The zero-order valence-corrected chi connectivity index (χ0v) is 13.6. The molecule has 0 saturated carbocycles. The summed E-state index contributed by atoms with van der Waals surface area (Å²) in [5.74, 6) is 1.15. The maximum absolute atomic E-state index is 5.84. The van der Waals surface area contributed by atoms with E-state index in [0.717, 1.165) is 18.1 Å². The van der Waals surface area contributed by atoms with Crippen LogP contribution in [0, 0.1) is 5.41 Å². The first kappa shape index (κ1) is 16.0. The lowest BCUT2D eigenvalue weighted by molar-refractivity contribution is 0.243. The van der Waals surface area contributed by atoms with Crippen LogP contribution in [-0.4, -0.2) is 42.6 Å². The van der Waals surface area contributed by atoms with Gasteiger partial charge in [-0.1, -0.05) is 13.8 Å². The van der Waals surface area contributed by atoms with E-state index >= 15 is 0 Å². The highest BCUT2D eigenvalue weighted by Gasteiger charge is 2.21. The predicted octanol–water partition coefficient (Wildman–Crippen LogP) is 2.51. The molecule has 0 bridgehead atoms. The fourth-order valence-electron chi connectivity index (χ4n) is 1.99. The van der Waals surface area contributed by atoms with Crippen molar-refractivity contribution < 1.29 is 4.74 Å². The van der Waals surface area contributed by atoms with Gasteiger partial charge in [0, 0.05) is 13.1 Å². The Kier molecular flexibility index (Phi) is 5.43. The van der Waals surface area contributed by atoms with Gasteiger partial charge in [0.1, 0.15) is 0 Å². The summed E-state index contributed by atoms with van der Waals surface area (Å²) >= 11 is 1.35. The van der Waals surface area contributed by atoms with E-state index in [0.29, 0.717) is 11.6 Å². The highest BCUT2D eigenvalue weighted by molar-refractivity contribution is 7.11. The van der Waals surface area contributed by atoms with Gasteiger partial charge in [0.2, 0.25) is 0 Å². The number of hydrogen-bond acceptors (Lipinski definition) is 6. The molecule has 5 nitrogen and oxygen atoms in total. The molecule has 0 aliphatic heterocycles. The Hall–Kier alpha value is -1.01. The van der Waals surface area contributed by atoms with Gasteiger partial charge in [0.05, 0.1) is 6.10 Å². The first-order valence-corrected chi connectivity index (χ1v) is 7.29. The number of aromatic nitrogens is 1. The summed E-state index contributed by atoms with van der Waals surface area (Å²) in [5, 5.41) is 4.32. The van der Waals surface area contributed by atoms with Crippen LogP contribution in [0.5, 0.6) is 5.75 Å². The highest BCUT2D eigenvalue weighted by Crippen LogP contribution is 2.36. The molecule has 6 heteroatoms. The van der Waals surface area contributed by atoms with Crippen molar-refractivity contribution in [1.29, 1.82) is 0 Å². The van der Waals surface area contributed by atoms with Crippen molar-refractivity contribution in [3.8, 4) is 5.75 Å². The van der Waals surface area contributed by atoms with E-state index in [1.165, 1.54) is 11.5 Å². The van der Waals surface area contributed by atoms with Crippen LogP contribution < -0.4 is 15.8 Å². The van der Waals surface area contributed by atoms with E-state index < -0.39 is 0 Å². The molecule has 1 aromatic heterocycles. The van der Waals surface area contributed by atoms with Crippen molar-refractivity contribution in [1.82, 2.24) is 9.27 Å². The van der Waals surface area contributed by atoms with E-state index in [1.54, 1.807) is 0 Å². The zero-order valence-electron chi connectivity index (χ0n) is 12.8. The second-order valence-corrected chi connectivity index (χ2v) is 6.92. The van der Waals surface area contributed by atoms with Crippen molar-refractivity contribution >= 4 is 22.4 Å². The fraction of sp³-hybridized carbons (Fsp3) is 0.769. The molecule has 1 rings (SSSR count). The van der Waals surface area contributed by atoms with Crippen molar-refractivity contribution in [3.05, 3.63) is 0 Å². The summed E-state index contributed by atoms with van der Waals surface area (Å²) in [6, 6.07) is 0. The minimum absolute atomic E-state index is 0.0917. The van der Waals surface area contributed by atoms with Crippen LogP contribution in [0.2, 0.25) is 0 Å². The molecule has 0 fully saturated rings. The van der Waals surface area contributed by atoms with Crippen molar-refractivity contribution in [2.45, 2.75) is 33.8 Å². The van der Waals surface area contributed by atoms with Gasteiger partial charge >= 0.3 is 0 Å². The van der Waals surface area contributed by atoms with Crippen LogP contribution in [0.25, 0.3) is 0 Å². The fourth-order valence-corrected chi connectivity index (χ4v) is 2.63. The van der Waals surface area contributed by atoms with E-state index in [2.05, 4.69) is 42.5 Å². The molecule has 0 aromatic carbocycles. The van der Waals surface area contributed by atoms with E-state index in [-0.39, 0.29) is 11.5 Å². The van der Waals surface area contributed by atoms with Crippen LogP contribution in [0.1, 0.15) is 27.7 Å². The number of hydrogen-bond donors (Lipinski definition) is 2. The number of nitrogen functional groups attached to an aromatic ring is 1. The first-order chi connectivity index (χ1) is 8.71. The molecule has 1 heterocycles. The monoisotopic (exact) mass is 286 g/mol. The summed E-state index contributed by atoms with van der Waals surface area (Å²) in [7, 11) is 4.17. The number of nitrogens with two attached hydrogens (primary N) is 1. The third kappa shape index (κ3) is 5.24. The van der Waals surface area contributed by atoms with Crippen LogP contribution in [0.4, 0.5) is 10.8 Å². The maximum atomic E-state index is 5.84. The van der Waals surface area contributed by atoms with Crippen molar-refractivity contribution in [2.75, 3.05) is 38.2 Å². The summed E-state index contributed by atoms with van der Waals surface area (Å²) in [4.78, 5) is 2.19. The average molecular weight is 286 g/mol. The summed E-state index contributed by atoms with van der Waals surface area (Å²) in [6.07, 6.45) is 0.0917. The lowest BCUT2D eigenvalue weighted by Crippen LogP contribution is -2.34. The molecule has 0 atom stereocenters. The largest absolute Gasteiger partial charge is 0.484 e. The molecule has 3 N–H and O–H groups in total. The third-order valence-corrected chi connectivity index (χ3v) is 3.30. The van der Waals surface area contributed by atoms with E-state index in [9.17, 15) is 0 Å². The van der Waals surface area contributed by atoms with Gasteiger partial charge in [0.15, 0.2) is 16.6 Å². The molecule has 110 valence electrons. The molecule has 0 aliphatic rings. The molecule has 19 heavy (non-hydrogen) atoms. The van der Waals surface area contributed by atoms with E-state index in [1.807, 2.05) is 13.8 Å². The molecule has 0 unspecified atom stereocenters. The number of anilines is 2. The van der Waals surface area contributed by atoms with Gasteiger partial charge in [-0.3, -0.25) is 0 Å². The summed E-state index contributed by atoms with van der Waals surface area (Å²) in [6.45, 7) is 10.3. The molecule has 0 aliphatic carbocycles. The van der Waals surface area contributed by atoms with Gasteiger partial charge in [-0.25, -0.2) is 0 Å². The molecular weight excluding hydrogens is 260 g/mol. The van der Waals surface area contributed by atoms with Crippen molar-refractivity contribution in [2.24, 2.45) is 5.41 Å². The van der Waals surface area contributed by atoms with Crippen LogP contribution >= 0.6 is 11.5 Å². The minimum Gasteiger partial charge on any atom is -0.484 e. The number of ether oxygens (including phenoxy) is 1. The summed E-state index contributed by atoms with van der Waals surface area (Å²) in [5.41, 5.74) is 6.00. The second kappa shape index (κ2) is 6.43. The van der Waals surface area contributed by atoms with Gasteiger partial charge < -0.3 is 20.7 Å². The smallest absolute Gasteiger partial charge is 0.197 e. The lowest BCUT2D eigenvalue weighted by atomic mass is 9.93. The topological polar surface area (TPSA) is 63.4 Å². The molecule has 0 amide bonds. The van der Waals surface area contributed by atoms with Crippen molar-refractivity contribution in [3.63, 3.8) is 0 Å². The molecular formula is C13H26N4OS. The molecule has 0 radical (unpaired) electrons. The Bertz CT molecular complexity index is 401. The Morgan fingerprint density at radius 2 is 2.05 bits per heavy atom. The van der Waals surface area contributed by atoms with Gasteiger partial charge in [-0.2, -0.15) is 4.37 Å². The standard InChI is InChI=1S/C13H26N4OS/c1-9(2)18-10-11(14)16-19-12(10)15-7-13(3,4)8-17(5)6/h9,15H,7-8H2,1-6H3,(H2,14,16). The molecule has 0 saturated heterocycles. The Morgan fingerprint density at radius 1 is 1.42 bits per heavy atom. The molecule has 1 aromatic rings. The Balaban J connectivity index is 2.67. The summed E-state index contributed by atoms with van der Waals surface area (Å²) < 4.78 is 9.87. The van der Waals surface area contributed by atoms with Crippen LogP contribution in [0.15, 0.2) is 0 Å². The Labute approximate surface area is 120 Å². The van der Waals surface area contributed by atoms with E-state index in [4.69, 9.17) is 10.5 Å². The SMILES string of the molecule is CC(C)Oc1c(N)nsc1NCC(C)(C)CN(C)C. The van der Waals surface area contributed by atoms with Crippen LogP contribution in [-0.2, 0) is 0 Å².